The summed E-state index contributed by atoms with van der Waals surface area (Å²) in [4.78, 5) is 42.3. The molecule has 1 N–H and O–H groups in total. The van der Waals surface area contributed by atoms with Crippen molar-refractivity contribution in [3.63, 3.8) is 0 Å². The van der Waals surface area contributed by atoms with E-state index in [9.17, 15) is 14.4 Å². The first-order valence-electron chi connectivity index (χ1n) is 11.0. The van der Waals surface area contributed by atoms with Crippen molar-refractivity contribution in [2.24, 2.45) is 11.8 Å². The molecule has 2 atom stereocenters. The van der Waals surface area contributed by atoms with Crippen LogP contribution in [0.5, 0.6) is 0 Å². The van der Waals surface area contributed by atoms with Crippen molar-refractivity contribution in [3.8, 4) is 0 Å². The minimum atomic E-state index is -0.301. The van der Waals surface area contributed by atoms with Crippen LogP contribution in [-0.4, -0.2) is 59.2 Å². The topological polar surface area (TPSA) is 69.7 Å². The summed E-state index contributed by atoms with van der Waals surface area (Å²) in [5.41, 5.74) is 0. The summed E-state index contributed by atoms with van der Waals surface area (Å²) in [6.45, 7) is 1.94. The Labute approximate surface area is 162 Å². The number of nitrogens with zero attached hydrogens (tertiary/aromatic N) is 2. The molecule has 0 aromatic carbocycles. The van der Waals surface area contributed by atoms with Crippen molar-refractivity contribution in [1.29, 1.82) is 0 Å². The van der Waals surface area contributed by atoms with E-state index in [1.165, 1.54) is 6.42 Å². The van der Waals surface area contributed by atoms with Gasteiger partial charge in [0.05, 0.1) is 5.92 Å². The first-order valence-corrected chi connectivity index (χ1v) is 11.0. The fourth-order valence-corrected chi connectivity index (χ4v) is 5.02. The molecule has 6 nitrogen and oxygen atoms in total. The molecule has 2 saturated carbocycles. The van der Waals surface area contributed by atoms with Gasteiger partial charge in [0.25, 0.3) is 0 Å². The molecule has 150 valence electrons. The highest BCUT2D eigenvalue weighted by molar-refractivity contribution is 5.90. The van der Waals surface area contributed by atoms with Crippen LogP contribution < -0.4 is 5.32 Å². The van der Waals surface area contributed by atoms with Crippen LogP contribution in [0.3, 0.4) is 0 Å². The molecule has 2 heterocycles. The van der Waals surface area contributed by atoms with Crippen LogP contribution in [0.1, 0.15) is 70.6 Å². The monoisotopic (exact) mass is 375 g/mol. The zero-order chi connectivity index (χ0) is 18.8. The number of amides is 3. The van der Waals surface area contributed by atoms with E-state index in [1.54, 1.807) is 0 Å². The summed E-state index contributed by atoms with van der Waals surface area (Å²) in [5, 5.41) is 3.08. The number of nitrogens with one attached hydrogen (secondary N) is 1. The van der Waals surface area contributed by atoms with Gasteiger partial charge < -0.3 is 15.1 Å². The van der Waals surface area contributed by atoms with Crippen LogP contribution in [0.15, 0.2) is 0 Å². The standard InChI is InChI=1S/C21H33N3O3/c25-19(22-17-10-11-17)16-8-4-12-23(14-16)21(27)18-9-5-13-24(18)20(26)15-6-2-1-3-7-15/h15-18H,1-14H2,(H,22,25). The van der Waals surface area contributed by atoms with Gasteiger partial charge in [-0.1, -0.05) is 19.3 Å². The second kappa shape index (κ2) is 8.19. The Balaban J connectivity index is 1.36. The summed E-state index contributed by atoms with van der Waals surface area (Å²) in [7, 11) is 0. The average Bonchev–Trinajstić information content (AvgIpc) is 3.39. The number of rotatable bonds is 4. The van der Waals surface area contributed by atoms with Crippen molar-refractivity contribution >= 4 is 17.7 Å². The third-order valence-electron chi connectivity index (χ3n) is 6.80. The molecule has 0 bridgehead atoms. The van der Waals surface area contributed by atoms with Gasteiger partial charge in [0, 0.05) is 31.6 Å². The molecule has 0 aromatic heterocycles. The van der Waals surface area contributed by atoms with Crippen LogP contribution >= 0.6 is 0 Å². The van der Waals surface area contributed by atoms with Gasteiger partial charge in [-0.3, -0.25) is 14.4 Å². The summed E-state index contributed by atoms with van der Waals surface area (Å²) in [6.07, 6.45) is 11.0. The number of hydrogen-bond donors (Lipinski definition) is 1. The maximum Gasteiger partial charge on any atom is 0.245 e. The smallest absolute Gasteiger partial charge is 0.245 e. The molecular weight excluding hydrogens is 342 g/mol. The molecule has 2 saturated heterocycles. The van der Waals surface area contributed by atoms with E-state index in [2.05, 4.69) is 5.32 Å². The molecule has 4 fully saturated rings. The van der Waals surface area contributed by atoms with Crippen LogP contribution in [0.2, 0.25) is 0 Å². The maximum atomic E-state index is 13.2. The fraction of sp³-hybridized carbons (Fsp3) is 0.857. The molecule has 2 aliphatic heterocycles. The lowest BCUT2D eigenvalue weighted by Gasteiger charge is -2.36. The number of piperidine rings is 1. The van der Waals surface area contributed by atoms with E-state index in [1.807, 2.05) is 9.80 Å². The molecule has 3 amide bonds. The lowest BCUT2D eigenvalue weighted by atomic mass is 9.88. The van der Waals surface area contributed by atoms with Crippen LogP contribution in [0.4, 0.5) is 0 Å². The Bertz CT molecular complexity index is 583. The molecule has 0 spiro atoms. The summed E-state index contributed by atoms with van der Waals surface area (Å²) >= 11 is 0. The Morgan fingerprint density at radius 3 is 2.15 bits per heavy atom. The highest BCUT2D eigenvalue weighted by atomic mass is 16.2. The first-order chi connectivity index (χ1) is 13.1. The molecule has 4 rings (SSSR count). The van der Waals surface area contributed by atoms with E-state index in [-0.39, 0.29) is 35.6 Å². The Morgan fingerprint density at radius 2 is 1.41 bits per heavy atom. The van der Waals surface area contributed by atoms with Crippen molar-refractivity contribution in [2.75, 3.05) is 19.6 Å². The quantitative estimate of drug-likeness (QED) is 0.818. The van der Waals surface area contributed by atoms with E-state index in [0.717, 1.165) is 64.2 Å². The van der Waals surface area contributed by atoms with Gasteiger partial charge in [0.1, 0.15) is 6.04 Å². The molecule has 2 aliphatic carbocycles. The van der Waals surface area contributed by atoms with Gasteiger partial charge >= 0.3 is 0 Å². The second-order valence-electron chi connectivity index (χ2n) is 8.93. The zero-order valence-corrected chi connectivity index (χ0v) is 16.3. The third-order valence-corrected chi connectivity index (χ3v) is 6.80. The second-order valence-corrected chi connectivity index (χ2v) is 8.93. The molecule has 2 unspecified atom stereocenters. The fourth-order valence-electron chi connectivity index (χ4n) is 5.02. The van der Waals surface area contributed by atoms with E-state index in [4.69, 9.17) is 0 Å². The predicted octanol–water partition coefficient (Wildman–Crippen LogP) is 2.07. The highest BCUT2D eigenvalue weighted by Gasteiger charge is 2.41. The number of carbonyl (C=O) groups excluding carboxylic acids is 3. The largest absolute Gasteiger partial charge is 0.353 e. The van der Waals surface area contributed by atoms with Crippen LogP contribution in [-0.2, 0) is 14.4 Å². The van der Waals surface area contributed by atoms with Crippen LogP contribution in [0, 0.1) is 11.8 Å². The minimum absolute atomic E-state index is 0.0700. The minimum Gasteiger partial charge on any atom is -0.353 e. The normalized spacial score (nSPS) is 29.6. The summed E-state index contributed by atoms with van der Waals surface area (Å²) in [6, 6.07) is 0.0617. The Morgan fingerprint density at radius 1 is 0.704 bits per heavy atom. The van der Waals surface area contributed by atoms with Gasteiger partial charge in [-0.25, -0.2) is 0 Å². The van der Waals surface area contributed by atoms with E-state index < -0.39 is 0 Å². The SMILES string of the molecule is O=C(NC1CC1)C1CCCN(C(=O)C2CCCN2C(=O)C2CCCCC2)C1. The van der Waals surface area contributed by atoms with E-state index >= 15 is 0 Å². The summed E-state index contributed by atoms with van der Waals surface area (Å²) < 4.78 is 0. The lowest BCUT2D eigenvalue weighted by Crippen LogP contribution is -2.53. The molecular formula is C21H33N3O3. The van der Waals surface area contributed by atoms with Crippen LogP contribution in [0.25, 0.3) is 0 Å². The molecule has 0 aromatic rings. The molecule has 6 heteroatoms. The Kier molecular flexibility index (Phi) is 5.69. The molecule has 27 heavy (non-hydrogen) atoms. The van der Waals surface area contributed by atoms with Gasteiger partial charge in [-0.15, -0.1) is 0 Å². The number of hydrogen-bond acceptors (Lipinski definition) is 3. The lowest BCUT2D eigenvalue weighted by molar-refractivity contribution is -0.148. The number of likely N-dealkylation sites (tertiary alicyclic amines) is 2. The predicted molar refractivity (Wildman–Crippen MR) is 102 cm³/mol. The van der Waals surface area contributed by atoms with Crippen molar-refractivity contribution in [2.45, 2.75) is 82.7 Å². The maximum absolute atomic E-state index is 13.2. The van der Waals surface area contributed by atoms with Gasteiger partial charge in [0.15, 0.2) is 0 Å². The van der Waals surface area contributed by atoms with Gasteiger partial charge in [-0.2, -0.15) is 0 Å². The molecule has 4 aliphatic rings. The van der Waals surface area contributed by atoms with Gasteiger partial charge in [-0.05, 0) is 51.4 Å². The number of carbonyl (C=O) groups is 3. The average molecular weight is 376 g/mol. The first kappa shape index (κ1) is 18.8. The molecule has 0 radical (unpaired) electrons. The van der Waals surface area contributed by atoms with Crippen molar-refractivity contribution < 1.29 is 14.4 Å². The van der Waals surface area contributed by atoms with Crippen molar-refractivity contribution in [1.82, 2.24) is 15.1 Å². The van der Waals surface area contributed by atoms with E-state index in [0.29, 0.717) is 25.7 Å². The summed E-state index contributed by atoms with van der Waals surface area (Å²) in [5.74, 6) is 0.403. The third kappa shape index (κ3) is 4.30. The van der Waals surface area contributed by atoms with Crippen molar-refractivity contribution in [3.05, 3.63) is 0 Å². The van der Waals surface area contributed by atoms with Gasteiger partial charge in [0.2, 0.25) is 17.7 Å². The highest BCUT2D eigenvalue weighted by Crippen LogP contribution is 2.30. The Hall–Kier alpha value is -1.59. The zero-order valence-electron chi connectivity index (χ0n) is 16.3.